The second-order valence-electron chi connectivity index (χ2n) is 9.55. The van der Waals surface area contributed by atoms with Crippen molar-refractivity contribution in [3.05, 3.63) is 101 Å². The van der Waals surface area contributed by atoms with Crippen molar-refractivity contribution >= 4 is 11.6 Å². The number of fused-ring (bicyclic) bond motifs is 2. The third kappa shape index (κ3) is 3.73. The summed E-state index contributed by atoms with van der Waals surface area (Å²) in [4.78, 5) is 0. The molecule has 2 saturated heterocycles. The number of benzene rings is 3. The zero-order chi connectivity index (χ0) is 22.1. The van der Waals surface area contributed by atoms with Crippen LogP contribution in [0.3, 0.4) is 0 Å². The van der Waals surface area contributed by atoms with Gasteiger partial charge in [0.25, 0.3) is 0 Å². The molecule has 3 aromatic carbocycles. The van der Waals surface area contributed by atoms with E-state index in [-0.39, 0.29) is 5.41 Å². The highest BCUT2D eigenvalue weighted by Gasteiger charge is 2.65. The van der Waals surface area contributed by atoms with E-state index < -0.39 is 5.60 Å². The molecule has 2 fully saturated rings. The van der Waals surface area contributed by atoms with Gasteiger partial charge in [0.15, 0.2) is 0 Å². The van der Waals surface area contributed by atoms with Gasteiger partial charge in [-0.15, -0.1) is 0 Å². The summed E-state index contributed by atoms with van der Waals surface area (Å²) in [6.45, 7) is 5.04. The Hall–Kier alpha value is -2.33. The number of nitrogens with zero attached hydrogens (tertiary/aromatic N) is 1. The predicted molar refractivity (Wildman–Crippen MR) is 129 cm³/mol. The van der Waals surface area contributed by atoms with Gasteiger partial charge in [0, 0.05) is 24.3 Å². The van der Waals surface area contributed by atoms with E-state index in [9.17, 15) is 5.11 Å². The third-order valence-corrected chi connectivity index (χ3v) is 7.99. The third-order valence-electron chi connectivity index (χ3n) is 7.76. The van der Waals surface area contributed by atoms with Crippen LogP contribution in [0.2, 0.25) is 5.02 Å². The summed E-state index contributed by atoms with van der Waals surface area (Å²) in [5.41, 5.74) is 0.919. The first-order valence-corrected chi connectivity index (χ1v) is 12.0. The topological polar surface area (TPSA) is 29.5 Å². The van der Waals surface area contributed by atoms with E-state index >= 15 is 0 Å². The first-order chi connectivity index (χ1) is 15.6. The minimum atomic E-state index is -0.969. The molecule has 0 radical (unpaired) electrons. The molecule has 0 unspecified atom stereocenters. The molecule has 32 heavy (non-hydrogen) atoms. The molecule has 0 aliphatic carbocycles. The van der Waals surface area contributed by atoms with E-state index in [0.29, 0.717) is 11.6 Å². The van der Waals surface area contributed by atoms with Crippen LogP contribution in [0.15, 0.2) is 84.9 Å². The molecule has 1 N–H and O–H groups in total. The summed E-state index contributed by atoms with van der Waals surface area (Å²) in [5, 5.41) is 13.1. The lowest BCUT2D eigenvalue weighted by molar-refractivity contribution is -0.909. The first-order valence-electron chi connectivity index (χ1n) is 11.6. The molecular formula is C28H31ClNO2+. The Kier molecular flexibility index (Phi) is 5.75. The Labute approximate surface area is 195 Å². The number of rotatable bonds is 8. The molecule has 4 heteroatoms. The summed E-state index contributed by atoms with van der Waals surface area (Å²) in [7, 11) is 0. The van der Waals surface area contributed by atoms with Gasteiger partial charge in [-0.05, 0) is 29.3 Å². The molecule has 0 saturated carbocycles. The van der Waals surface area contributed by atoms with Crippen LogP contribution in [0.1, 0.15) is 30.4 Å². The maximum Gasteiger partial charge on any atom is 0.126 e. The molecule has 0 amide bonds. The van der Waals surface area contributed by atoms with Gasteiger partial charge in [-0.25, -0.2) is 0 Å². The van der Waals surface area contributed by atoms with Crippen molar-refractivity contribution in [3.63, 3.8) is 0 Å². The molecule has 2 aliphatic rings. The van der Waals surface area contributed by atoms with Crippen LogP contribution in [0, 0.1) is 5.41 Å². The van der Waals surface area contributed by atoms with Crippen molar-refractivity contribution in [2.75, 3.05) is 32.8 Å². The van der Waals surface area contributed by atoms with Gasteiger partial charge in [-0.3, -0.25) is 0 Å². The van der Waals surface area contributed by atoms with Gasteiger partial charge in [0.1, 0.15) is 11.4 Å². The van der Waals surface area contributed by atoms with Crippen molar-refractivity contribution < 1.29 is 14.3 Å². The van der Waals surface area contributed by atoms with Crippen LogP contribution in [0.5, 0.6) is 5.75 Å². The van der Waals surface area contributed by atoms with Crippen molar-refractivity contribution in [1.82, 2.24) is 0 Å². The molecular weight excluding hydrogens is 418 g/mol. The first kappa shape index (κ1) is 21.5. The van der Waals surface area contributed by atoms with Crippen LogP contribution in [0.25, 0.3) is 0 Å². The Morgan fingerprint density at radius 1 is 0.875 bits per heavy atom. The lowest BCUT2D eigenvalue weighted by Gasteiger charge is -2.42. The van der Waals surface area contributed by atoms with Crippen molar-refractivity contribution in [1.29, 1.82) is 0 Å². The fourth-order valence-corrected chi connectivity index (χ4v) is 6.34. The zero-order valence-corrected chi connectivity index (χ0v) is 19.2. The average molecular weight is 449 g/mol. The number of aliphatic hydroxyl groups is 1. The molecule has 3 nitrogen and oxygen atoms in total. The van der Waals surface area contributed by atoms with Crippen molar-refractivity contribution in [2.24, 2.45) is 5.41 Å². The van der Waals surface area contributed by atoms with Gasteiger partial charge in [-0.2, -0.15) is 0 Å². The largest absolute Gasteiger partial charge is 0.493 e. The monoisotopic (exact) mass is 448 g/mol. The summed E-state index contributed by atoms with van der Waals surface area (Å²) in [6, 6.07) is 28.2. The van der Waals surface area contributed by atoms with Crippen LogP contribution in [0.4, 0.5) is 0 Å². The second kappa shape index (κ2) is 8.55. The summed E-state index contributed by atoms with van der Waals surface area (Å²) < 4.78 is 7.02. The van der Waals surface area contributed by atoms with E-state index in [1.807, 2.05) is 60.7 Å². The molecule has 2 aliphatic heterocycles. The van der Waals surface area contributed by atoms with Crippen LogP contribution in [-0.2, 0) is 5.60 Å². The fraction of sp³-hybridized carbons (Fsp3) is 0.357. The SMILES string of the molecule is OC(c1ccccc1)(c1ccccc1)C12CC[N+](CCCOc3cccc(Cl)c3)(CC1)C2. The standard InChI is InChI=1S/C28H31ClNO2/c29-25-13-7-14-26(21-25)32-20-8-17-30-18-15-27(22-30,16-19-30)28(31,23-9-3-1-4-10-23)24-11-5-2-6-12-24/h1-7,9-14,21,31H,8,15-20,22H2/q+1. The summed E-state index contributed by atoms with van der Waals surface area (Å²) in [6.07, 6.45) is 3.09. The minimum Gasteiger partial charge on any atom is -0.493 e. The van der Waals surface area contributed by atoms with Crippen LogP contribution >= 0.6 is 11.6 Å². The number of hydrogen-bond acceptors (Lipinski definition) is 2. The Balaban J connectivity index is 1.33. The normalized spacial score (nSPS) is 24.6. The van der Waals surface area contributed by atoms with Gasteiger partial charge in [0.05, 0.1) is 38.2 Å². The zero-order valence-electron chi connectivity index (χ0n) is 18.4. The average Bonchev–Trinajstić information content (AvgIpc) is 3.41. The van der Waals surface area contributed by atoms with E-state index in [2.05, 4.69) is 24.3 Å². The number of piperidine rings is 1. The molecule has 0 spiro atoms. The molecule has 0 aromatic heterocycles. The Morgan fingerprint density at radius 3 is 2.09 bits per heavy atom. The van der Waals surface area contributed by atoms with Gasteiger partial charge in [0.2, 0.25) is 0 Å². The van der Waals surface area contributed by atoms with E-state index in [1.54, 1.807) is 0 Å². The van der Waals surface area contributed by atoms with Crippen LogP contribution in [-0.4, -0.2) is 42.4 Å². The number of halogens is 1. The van der Waals surface area contributed by atoms with E-state index in [0.717, 1.165) is 66.8 Å². The number of quaternary nitrogens is 1. The molecule has 0 atom stereocenters. The number of ether oxygens (including phenoxy) is 1. The summed E-state index contributed by atoms with van der Waals surface area (Å²) in [5.74, 6) is 0.831. The van der Waals surface area contributed by atoms with Gasteiger partial charge < -0.3 is 14.3 Å². The minimum absolute atomic E-state index is 0.135. The van der Waals surface area contributed by atoms with Crippen LogP contribution < -0.4 is 4.74 Å². The van der Waals surface area contributed by atoms with Gasteiger partial charge >= 0.3 is 0 Å². The molecule has 2 bridgehead atoms. The van der Waals surface area contributed by atoms with Gasteiger partial charge in [-0.1, -0.05) is 78.3 Å². The fourth-order valence-electron chi connectivity index (χ4n) is 6.16. The Morgan fingerprint density at radius 2 is 1.50 bits per heavy atom. The second-order valence-corrected chi connectivity index (χ2v) is 9.99. The highest BCUT2D eigenvalue weighted by Crippen LogP contribution is 2.58. The van der Waals surface area contributed by atoms with E-state index in [4.69, 9.17) is 16.3 Å². The highest BCUT2D eigenvalue weighted by atomic mass is 35.5. The molecule has 166 valence electrons. The lowest BCUT2D eigenvalue weighted by Crippen LogP contribution is -2.47. The predicted octanol–water partition coefficient (Wildman–Crippen LogP) is 5.66. The summed E-state index contributed by atoms with van der Waals surface area (Å²) >= 11 is 6.06. The van der Waals surface area contributed by atoms with Crippen molar-refractivity contribution in [2.45, 2.75) is 24.9 Å². The highest BCUT2D eigenvalue weighted by molar-refractivity contribution is 6.30. The maximum absolute atomic E-state index is 12.4. The molecule has 5 rings (SSSR count). The Bertz CT molecular complexity index is 1010. The maximum atomic E-state index is 12.4. The quantitative estimate of drug-likeness (QED) is 0.356. The number of hydrogen-bond donors (Lipinski definition) is 1. The lowest BCUT2D eigenvalue weighted by atomic mass is 9.63. The van der Waals surface area contributed by atoms with E-state index in [1.165, 1.54) is 0 Å². The van der Waals surface area contributed by atoms with Crippen molar-refractivity contribution in [3.8, 4) is 5.75 Å². The molecule has 3 aromatic rings. The molecule has 2 heterocycles. The smallest absolute Gasteiger partial charge is 0.126 e.